The Morgan fingerprint density at radius 2 is 1.83 bits per heavy atom. The van der Waals surface area contributed by atoms with E-state index in [2.05, 4.69) is 61.1 Å². The summed E-state index contributed by atoms with van der Waals surface area (Å²) in [5.74, 6) is 0.508. The largest absolute Gasteiger partial charge is 0.433 e. The molecule has 0 aliphatic carbocycles. The van der Waals surface area contributed by atoms with Crippen LogP contribution < -0.4 is 0 Å². The maximum absolute atomic E-state index is 10.8. The molecule has 0 spiro atoms. The molecular formula is C22H20N4O3. The van der Waals surface area contributed by atoms with Crippen molar-refractivity contribution in [2.75, 3.05) is 0 Å². The van der Waals surface area contributed by atoms with Gasteiger partial charge in [-0.25, -0.2) is 9.98 Å². The van der Waals surface area contributed by atoms with Crippen molar-refractivity contribution in [2.24, 2.45) is 4.99 Å². The highest BCUT2D eigenvalue weighted by molar-refractivity contribution is 5.83. The van der Waals surface area contributed by atoms with E-state index in [4.69, 9.17) is 4.42 Å². The van der Waals surface area contributed by atoms with E-state index in [-0.39, 0.29) is 5.88 Å². The molecule has 0 amide bonds. The van der Waals surface area contributed by atoms with Crippen LogP contribution in [-0.2, 0) is 6.54 Å². The standard InChI is InChI=1S/C22H20N4O3/c1-14-4-6-17(7-5-14)13-25-20-11-16(3)15(2)10-19(20)24-22(25)23-12-18-8-9-21(29-18)26(27)28/h4-12H,13H2,1-3H3. The summed E-state index contributed by atoms with van der Waals surface area (Å²) in [4.78, 5) is 19.4. The van der Waals surface area contributed by atoms with Gasteiger partial charge in [-0.2, -0.15) is 0 Å². The van der Waals surface area contributed by atoms with Crippen LogP contribution in [0.3, 0.4) is 0 Å². The zero-order chi connectivity index (χ0) is 20.5. The minimum absolute atomic E-state index is 0.304. The van der Waals surface area contributed by atoms with Gasteiger partial charge in [0, 0.05) is 0 Å². The van der Waals surface area contributed by atoms with E-state index in [1.165, 1.54) is 29.5 Å². The van der Waals surface area contributed by atoms with Gasteiger partial charge in [-0.15, -0.1) is 0 Å². The molecule has 2 heterocycles. The monoisotopic (exact) mass is 388 g/mol. The van der Waals surface area contributed by atoms with Crippen LogP contribution in [0.4, 0.5) is 11.8 Å². The third-order valence-corrected chi connectivity index (χ3v) is 4.90. The zero-order valence-corrected chi connectivity index (χ0v) is 16.4. The summed E-state index contributed by atoms with van der Waals surface area (Å²) in [5.41, 5.74) is 6.53. The summed E-state index contributed by atoms with van der Waals surface area (Å²) in [6.07, 6.45) is 1.46. The molecule has 4 aromatic rings. The first kappa shape index (κ1) is 18.6. The van der Waals surface area contributed by atoms with Gasteiger partial charge in [-0.1, -0.05) is 29.8 Å². The highest BCUT2D eigenvalue weighted by Crippen LogP contribution is 2.26. The Balaban J connectivity index is 1.77. The fourth-order valence-electron chi connectivity index (χ4n) is 3.13. The van der Waals surface area contributed by atoms with Crippen molar-refractivity contribution < 1.29 is 9.34 Å². The number of rotatable bonds is 5. The second-order valence-electron chi connectivity index (χ2n) is 7.10. The van der Waals surface area contributed by atoms with Gasteiger partial charge < -0.3 is 8.98 Å². The van der Waals surface area contributed by atoms with Gasteiger partial charge in [-0.3, -0.25) is 10.1 Å². The number of fused-ring (bicyclic) bond motifs is 1. The van der Waals surface area contributed by atoms with Gasteiger partial charge in [0.05, 0.1) is 29.9 Å². The highest BCUT2D eigenvalue weighted by atomic mass is 16.6. The first-order valence-electron chi connectivity index (χ1n) is 9.22. The van der Waals surface area contributed by atoms with Crippen LogP contribution in [-0.4, -0.2) is 20.7 Å². The van der Waals surface area contributed by atoms with Crippen LogP contribution in [0, 0.1) is 30.9 Å². The summed E-state index contributed by atoms with van der Waals surface area (Å²) in [7, 11) is 0. The van der Waals surface area contributed by atoms with Crippen LogP contribution in [0.25, 0.3) is 11.0 Å². The molecule has 0 saturated heterocycles. The predicted molar refractivity (Wildman–Crippen MR) is 112 cm³/mol. The van der Waals surface area contributed by atoms with Gasteiger partial charge in [-0.05, 0) is 55.7 Å². The molecule has 0 aliphatic rings. The minimum Gasteiger partial charge on any atom is -0.400 e. The second-order valence-corrected chi connectivity index (χ2v) is 7.10. The highest BCUT2D eigenvalue weighted by Gasteiger charge is 2.14. The van der Waals surface area contributed by atoms with E-state index in [1.54, 1.807) is 0 Å². The molecule has 146 valence electrons. The minimum atomic E-state index is -0.574. The van der Waals surface area contributed by atoms with E-state index in [0.717, 1.165) is 22.2 Å². The first-order chi connectivity index (χ1) is 13.9. The van der Waals surface area contributed by atoms with Crippen molar-refractivity contribution in [3.63, 3.8) is 0 Å². The van der Waals surface area contributed by atoms with Crippen molar-refractivity contribution in [3.05, 3.63) is 86.7 Å². The van der Waals surface area contributed by atoms with E-state index >= 15 is 0 Å². The van der Waals surface area contributed by atoms with Crippen molar-refractivity contribution in [1.29, 1.82) is 0 Å². The lowest BCUT2D eigenvalue weighted by atomic mass is 10.1. The number of imidazole rings is 1. The Labute approximate surface area is 167 Å². The molecule has 7 nitrogen and oxygen atoms in total. The number of aryl methyl sites for hydroxylation is 3. The molecule has 2 aromatic carbocycles. The maximum Gasteiger partial charge on any atom is 0.433 e. The number of hydrogen-bond donors (Lipinski definition) is 0. The molecule has 0 saturated carbocycles. The van der Waals surface area contributed by atoms with Crippen molar-refractivity contribution in [3.8, 4) is 0 Å². The fraction of sp³-hybridized carbons (Fsp3) is 0.182. The molecule has 2 aromatic heterocycles. The molecule has 0 radical (unpaired) electrons. The van der Waals surface area contributed by atoms with Gasteiger partial charge in [0.1, 0.15) is 4.92 Å². The third-order valence-electron chi connectivity index (χ3n) is 4.90. The Kier molecular flexibility index (Phi) is 4.72. The molecule has 0 aliphatic heterocycles. The number of hydrogen-bond acceptors (Lipinski definition) is 5. The molecule has 0 N–H and O–H groups in total. The summed E-state index contributed by atoms with van der Waals surface area (Å²) < 4.78 is 7.21. The molecule has 0 atom stereocenters. The lowest BCUT2D eigenvalue weighted by Crippen LogP contribution is -2.00. The zero-order valence-electron chi connectivity index (χ0n) is 16.4. The molecule has 0 bridgehead atoms. The Bertz CT molecular complexity index is 1230. The molecule has 4 rings (SSSR count). The first-order valence-corrected chi connectivity index (χ1v) is 9.22. The normalized spacial score (nSPS) is 11.6. The van der Waals surface area contributed by atoms with Crippen molar-refractivity contribution in [1.82, 2.24) is 9.55 Å². The van der Waals surface area contributed by atoms with Crippen LogP contribution in [0.15, 0.2) is 57.9 Å². The molecular weight excluding hydrogens is 368 g/mol. The molecule has 0 unspecified atom stereocenters. The summed E-state index contributed by atoms with van der Waals surface area (Å²) >= 11 is 0. The van der Waals surface area contributed by atoms with Crippen LogP contribution in [0.5, 0.6) is 0 Å². The average Bonchev–Trinajstić information content (AvgIpc) is 3.28. The van der Waals surface area contributed by atoms with Crippen molar-refractivity contribution >= 4 is 29.1 Å². The maximum atomic E-state index is 10.8. The molecule has 29 heavy (non-hydrogen) atoms. The summed E-state index contributed by atoms with van der Waals surface area (Å²) in [6, 6.07) is 15.3. The van der Waals surface area contributed by atoms with Crippen LogP contribution in [0.1, 0.15) is 28.0 Å². The average molecular weight is 388 g/mol. The quantitative estimate of drug-likeness (QED) is 0.265. The smallest absolute Gasteiger partial charge is 0.400 e. The number of furan rings is 1. The van der Waals surface area contributed by atoms with Gasteiger partial charge in [0.25, 0.3) is 0 Å². The van der Waals surface area contributed by atoms with E-state index < -0.39 is 4.92 Å². The van der Waals surface area contributed by atoms with Gasteiger partial charge in [0.15, 0.2) is 5.76 Å². The SMILES string of the molecule is Cc1ccc(Cn2c(N=Cc3ccc([N+](=O)[O-])o3)nc3cc(C)c(C)cc32)cc1. The van der Waals surface area contributed by atoms with Crippen LogP contribution >= 0.6 is 0 Å². The summed E-state index contributed by atoms with van der Waals surface area (Å²) in [5, 5.41) is 10.8. The van der Waals surface area contributed by atoms with Crippen molar-refractivity contribution in [2.45, 2.75) is 27.3 Å². The van der Waals surface area contributed by atoms with Crippen LogP contribution in [0.2, 0.25) is 0 Å². The predicted octanol–water partition coefficient (Wildman–Crippen LogP) is 5.26. The Morgan fingerprint density at radius 3 is 2.52 bits per heavy atom. The lowest BCUT2D eigenvalue weighted by molar-refractivity contribution is -0.402. The molecule has 7 heteroatoms. The van der Waals surface area contributed by atoms with E-state index in [0.29, 0.717) is 18.3 Å². The number of aromatic nitrogens is 2. The van der Waals surface area contributed by atoms with Gasteiger partial charge in [0.2, 0.25) is 5.95 Å². The molecule has 0 fully saturated rings. The Morgan fingerprint density at radius 1 is 1.10 bits per heavy atom. The number of nitrogens with zero attached hydrogens (tertiary/aromatic N) is 4. The van der Waals surface area contributed by atoms with E-state index in [9.17, 15) is 10.1 Å². The number of aliphatic imine (C=N–C) groups is 1. The number of nitro groups is 1. The van der Waals surface area contributed by atoms with E-state index in [1.807, 2.05) is 10.6 Å². The van der Waals surface area contributed by atoms with Gasteiger partial charge >= 0.3 is 5.88 Å². The summed E-state index contributed by atoms with van der Waals surface area (Å²) in [6.45, 7) is 6.80. The topological polar surface area (TPSA) is 86.5 Å². The lowest BCUT2D eigenvalue weighted by Gasteiger charge is -2.08. The Hall–Kier alpha value is -3.74. The number of benzene rings is 2. The second kappa shape index (κ2) is 7.35. The fourth-order valence-corrected chi connectivity index (χ4v) is 3.13. The third kappa shape index (κ3) is 3.80.